The van der Waals surface area contributed by atoms with Crippen LogP contribution < -0.4 is 10.6 Å². The number of imide groups is 1. The van der Waals surface area contributed by atoms with Gasteiger partial charge in [-0.25, -0.2) is 9.59 Å². The highest BCUT2D eigenvalue weighted by Gasteiger charge is 2.39. The number of anilines is 1. The monoisotopic (exact) mass is 415 g/mol. The number of hydrogen-bond donors (Lipinski definition) is 2. The van der Waals surface area contributed by atoms with E-state index in [2.05, 4.69) is 15.4 Å². The van der Waals surface area contributed by atoms with Crippen molar-refractivity contribution in [3.8, 4) is 0 Å². The van der Waals surface area contributed by atoms with Crippen LogP contribution in [0.5, 0.6) is 0 Å². The highest BCUT2D eigenvalue weighted by molar-refractivity contribution is 6.31. The molecule has 2 aromatic rings. The maximum absolute atomic E-state index is 12.5. The Morgan fingerprint density at radius 3 is 2.48 bits per heavy atom. The molecule has 0 radical (unpaired) electrons. The first-order chi connectivity index (χ1) is 13.9. The fraction of sp³-hybridized carbons (Fsp3) is 0.200. The molecule has 2 N–H and O–H groups in total. The van der Waals surface area contributed by atoms with E-state index < -0.39 is 29.9 Å². The van der Waals surface area contributed by atoms with E-state index in [9.17, 15) is 19.2 Å². The molecule has 1 saturated heterocycles. The maximum atomic E-state index is 12.5. The van der Waals surface area contributed by atoms with Gasteiger partial charge in [0.25, 0.3) is 5.91 Å². The average Bonchev–Trinajstić information content (AvgIpc) is 2.96. The van der Waals surface area contributed by atoms with Crippen molar-refractivity contribution in [1.82, 2.24) is 10.2 Å². The zero-order valence-electron chi connectivity index (χ0n) is 15.5. The summed E-state index contributed by atoms with van der Waals surface area (Å²) in [4.78, 5) is 49.4. The van der Waals surface area contributed by atoms with Gasteiger partial charge in [0.2, 0.25) is 5.91 Å². The predicted molar refractivity (Wildman–Crippen MR) is 105 cm³/mol. The van der Waals surface area contributed by atoms with Gasteiger partial charge in [-0.3, -0.25) is 14.5 Å². The molecule has 1 aliphatic heterocycles. The Bertz CT molecular complexity index is 961. The molecule has 29 heavy (non-hydrogen) atoms. The van der Waals surface area contributed by atoms with Gasteiger partial charge in [0, 0.05) is 10.7 Å². The number of esters is 1. The largest absolute Gasteiger partial charge is 0.465 e. The molecule has 1 unspecified atom stereocenters. The number of halogens is 1. The molecule has 1 fully saturated rings. The van der Waals surface area contributed by atoms with E-state index in [0.717, 1.165) is 4.90 Å². The first-order valence-corrected chi connectivity index (χ1v) is 9.10. The second-order valence-electron chi connectivity index (χ2n) is 6.34. The van der Waals surface area contributed by atoms with Crippen LogP contribution in [0, 0.1) is 0 Å². The van der Waals surface area contributed by atoms with Crippen LogP contribution in [0.3, 0.4) is 0 Å². The number of rotatable bonds is 6. The maximum Gasteiger partial charge on any atom is 0.337 e. The fourth-order valence-corrected chi connectivity index (χ4v) is 3.06. The van der Waals surface area contributed by atoms with E-state index in [4.69, 9.17) is 11.6 Å². The molecular weight excluding hydrogens is 398 g/mol. The molecule has 9 heteroatoms. The van der Waals surface area contributed by atoms with E-state index >= 15 is 0 Å². The second kappa shape index (κ2) is 8.74. The van der Waals surface area contributed by atoms with Crippen molar-refractivity contribution in [3.63, 3.8) is 0 Å². The average molecular weight is 416 g/mol. The van der Waals surface area contributed by atoms with Gasteiger partial charge in [0.1, 0.15) is 6.04 Å². The zero-order valence-corrected chi connectivity index (χ0v) is 16.2. The molecule has 0 aliphatic carbocycles. The lowest BCUT2D eigenvalue weighted by atomic mass is 10.1. The standard InChI is InChI=1S/C20H18ClN3O5/c1-29-19(27)12-6-8-14(9-7-12)22-17(25)10-16-18(26)24(20(28)23-16)11-13-4-2-3-5-15(13)21/h2-9,16H,10-11H2,1H3,(H,22,25)(H,23,28). The van der Waals surface area contributed by atoms with E-state index in [1.807, 2.05) is 0 Å². The minimum atomic E-state index is -0.959. The van der Waals surface area contributed by atoms with Gasteiger partial charge < -0.3 is 15.4 Å². The third-order valence-corrected chi connectivity index (χ3v) is 4.74. The first kappa shape index (κ1) is 20.3. The van der Waals surface area contributed by atoms with Gasteiger partial charge in [0.15, 0.2) is 0 Å². The number of methoxy groups -OCH3 is 1. The third kappa shape index (κ3) is 4.72. The first-order valence-electron chi connectivity index (χ1n) is 8.72. The van der Waals surface area contributed by atoms with Gasteiger partial charge in [-0.2, -0.15) is 0 Å². The molecule has 2 aromatic carbocycles. The van der Waals surface area contributed by atoms with Crippen LogP contribution in [0.2, 0.25) is 5.02 Å². The van der Waals surface area contributed by atoms with E-state index in [1.165, 1.54) is 19.2 Å². The van der Waals surface area contributed by atoms with E-state index in [0.29, 0.717) is 21.8 Å². The minimum absolute atomic E-state index is 0.0252. The summed E-state index contributed by atoms with van der Waals surface area (Å²) in [5.74, 6) is -1.43. The summed E-state index contributed by atoms with van der Waals surface area (Å²) in [5.41, 5.74) is 1.43. The number of ether oxygens (including phenoxy) is 1. The SMILES string of the molecule is COC(=O)c1ccc(NC(=O)CC2NC(=O)N(Cc3ccccc3Cl)C2=O)cc1. The van der Waals surface area contributed by atoms with Crippen molar-refractivity contribution in [2.75, 3.05) is 12.4 Å². The van der Waals surface area contributed by atoms with Crippen molar-refractivity contribution in [3.05, 3.63) is 64.7 Å². The minimum Gasteiger partial charge on any atom is -0.465 e. The number of urea groups is 1. The molecule has 0 spiro atoms. The second-order valence-corrected chi connectivity index (χ2v) is 6.75. The Morgan fingerprint density at radius 1 is 1.14 bits per heavy atom. The highest BCUT2D eigenvalue weighted by Crippen LogP contribution is 2.20. The third-order valence-electron chi connectivity index (χ3n) is 4.37. The highest BCUT2D eigenvalue weighted by atomic mass is 35.5. The summed E-state index contributed by atoms with van der Waals surface area (Å²) in [6.45, 7) is 0.0252. The Balaban J connectivity index is 1.59. The Labute approximate surface area is 171 Å². The van der Waals surface area contributed by atoms with Crippen LogP contribution in [0.15, 0.2) is 48.5 Å². The molecule has 4 amide bonds. The molecule has 0 saturated carbocycles. The number of amides is 4. The van der Waals surface area contributed by atoms with Gasteiger partial charge >= 0.3 is 12.0 Å². The van der Waals surface area contributed by atoms with Crippen LogP contribution >= 0.6 is 11.6 Å². The van der Waals surface area contributed by atoms with Crippen LogP contribution in [-0.2, 0) is 20.9 Å². The lowest BCUT2D eigenvalue weighted by Crippen LogP contribution is -2.34. The molecule has 8 nitrogen and oxygen atoms in total. The van der Waals surface area contributed by atoms with Gasteiger partial charge in [-0.15, -0.1) is 0 Å². The number of carbonyl (C=O) groups is 4. The van der Waals surface area contributed by atoms with Crippen LogP contribution in [0.1, 0.15) is 22.3 Å². The summed E-state index contributed by atoms with van der Waals surface area (Å²) >= 11 is 6.09. The molecular formula is C20H18ClN3O5. The quantitative estimate of drug-likeness (QED) is 0.557. The summed E-state index contributed by atoms with van der Waals surface area (Å²) in [6.07, 6.45) is -0.220. The molecule has 3 rings (SSSR count). The van der Waals surface area contributed by atoms with Crippen molar-refractivity contribution in [2.45, 2.75) is 19.0 Å². The van der Waals surface area contributed by atoms with Gasteiger partial charge in [-0.1, -0.05) is 29.8 Å². The summed E-state index contributed by atoms with van der Waals surface area (Å²) in [5, 5.41) is 5.59. The van der Waals surface area contributed by atoms with E-state index in [-0.39, 0.29) is 13.0 Å². The van der Waals surface area contributed by atoms with E-state index in [1.54, 1.807) is 36.4 Å². The predicted octanol–water partition coefficient (Wildman–Crippen LogP) is 2.58. The molecule has 0 bridgehead atoms. The molecule has 150 valence electrons. The Kier molecular flexibility index (Phi) is 6.13. The van der Waals surface area contributed by atoms with Crippen molar-refractivity contribution in [1.29, 1.82) is 0 Å². The van der Waals surface area contributed by atoms with Gasteiger partial charge in [-0.05, 0) is 35.9 Å². The summed E-state index contributed by atoms with van der Waals surface area (Å²) < 4.78 is 4.61. The fourth-order valence-electron chi connectivity index (χ4n) is 2.87. The number of nitrogens with one attached hydrogen (secondary N) is 2. The van der Waals surface area contributed by atoms with Crippen LogP contribution in [0.25, 0.3) is 0 Å². The summed E-state index contributed by atoms with van der Waals surface area (Å²) in [6, 6.07) is 11.5. The Hall–Kier alpha value is -3.39. The summed E-state index contributed by atoms with van der Waals surface area (Å²) in [7, 11) is 1.28. The lowest BCUT2D eigenvalue weighted by Gasteiger charge is -2.14. The number of hydrogen-bond acceptors (Lipinski definition) is 5. The normalized spacial score (nSPS) is 15.8. The van der Waals surface area contributed by atoms with Crippen LogP contribution in [0.4, 0.5) is 10.5 Å². The molecule has 1 atom stereocenters. The van der Waals surface area contributed by atoms with Gasteiger partial charge in [0.05, 0.1) is 25.6 Å². The lowest BCUT2D eigenvalue weighted by molar-refractivity contribution is -0.130. The zero-order chi connectivity index (χ0) is 21.0. The number of carbonyl (C=O) groups excluding carboxylic acids is 4. The van der Waals surface area contributed by atoms with Crippen molar-refractivity contribution >= 4 is 41.1 Å². The Morgan fingerprint density at radius 2 is 1.83 bits per heavy atom. The molecule has 0 aromatic heterocycles. The van der Waals surface area contributed by atoms with Crippen molar-refractivity contribution in [2.24, 2.45) is 0 Å². The number of nitrogens with zero attached hydrogens (tertiary/aromatic N) is 1. The van der Waals surface area contributed by atoms with Crippen molar-refractivity contribution < 1.29 is 23.9 Å². The smallest absolute Gasteiger partial charge is 0.337 e. The molecule has 1 aliphatic rings. The topological polar surface area (TPSA) is 105 Å². The van der Waals surface area contributed by atoms with Crippen LogP contribution in [-0.4, -0.2) is 41.9 Å². The number of benzene rings is 2. The molecule has 1 heterocycles.